The summed E-state index contributed by atoms with van der Waals surface area (Å²) in [5, 5.41) is 11.5. The normalized spacial score (nSPS) is 10.7. The van der Waals surface area contributed by atoms with Crippen LogP contribution in [0.25, 0.3) is 0 Å². The Balaban J connectivity index is 2.19. The standard InChI is InChI=1S/C16H14N2O3S/c1-22(20,21)11-13-5-2-6-14(8-13)16(19)18-15-7-3-4-12(9-15)10-17/h2-9H,11H2,1H3,(H,18,19). The van der Waals surface area contributed by atoms with Gasteiger partial charge in [-0.1, -0.05) is 18.2 Å². The number of rotatable bonds is 4. The van der Waals surface area contributed by atoms with Crippen molar-refractivity contribution in [2.24, 2.45) is 0 Å². The number of carbonyl (C=O) groups excluding carboxylic acids is 1. The van der Waals surface area contributed by atoms with Gasteiger partial charge in [0.15, 0.2) is 9.84 Å². The molecule has 0 radical (unpaired) electrons. The van der Waals surface area contributed by atoms with Crippen LogP contribution in [-0.4, -0.2) is 20.6 Å². The molecule has 0 aliphatic carbocycles. The quantitative estimate of drug-likeness (QED) is 0.938. The molecular formula is C16H14N2O3S. The smallest absolute Gasteiger partial charge is 0.255 e. The summed E-state index contributed by atoms with van der Waals surface area (Å²) < 4.78 is 22.6. The van der Waals surface area contributed by atoms with Gasteiger partial charge in [-0.3, -0.25) is 4.79 Å². The summed E-state index contributed by atoms with van der Waals surface area (Å²) in [6.07, 6.45) is 1.15. The highest BCUT2D eigenvalue weighted by Crippen LogP contribution is 2.13. The van der Waals surface area contributed by atoms with E-state index in [9.17, 15) is 13.2 Å². The molecule has 1 amide bonds. The van der Waals surface area contributed by atoms with Gasteiger partial charge in [0.2, 0.25) is 0 Å². The summed E-state index contributed by atoms with van der Waals surface area (Å²) in [4.78, 5) is 12.2. The van der Waals surface area contributed by atoms with E-state index in [1.54, 1.807) is 48.5 Å². The molecule has 0 aliphatic rings. The molecule has 2 aromatic rings. The van der Waals surface area contributed by atoms with E-state index < -0.39 is 9.84 Å². The molecule has 2 rings (SSSR count). The first-order valence-electron chi connectivity index (χ1n) is 6.45. The second-order valence-electron chi connectivity index (χ2n) is 4.92. The van der Waals surface area contributed by atoms with Gasteiger partial charge in [-0.05, 0) is 35.9 Å². The number of nitrogens with one attached hydrogen (secondary N) is 1. The minimum Gasteiger partial charge on any atom is -0.322 e. The van der Waals surface area contributed by atoms with Crippen LogP contribution in [0.5, 0.6) is 0 Å². The molecule has 0 unspecified atom stereocenters. The maximum atomic E-state index is 12.2. The van der Waals surface area contributed by atoms with Crippen LogP contribution in [-0.2, 0) is 15.6 Å². The summed E-state index contributed by atoms with van der Waals surface area (Å²) in [6.45, 7) is 0. The number of sulfone groups is 1. The van der Waals surface area contributed by atoms with Crippen LogP contribution < -0.4 is 5.32 Å². The average Bonchev–Trinajstić information content (AvgIpc) is 2.46. The number of carbonyl (C=O) groups is 1. The van der Waals surface area contributed by atoms with Gasteiger partial charge in [-0.15, -0.1) is 0 Å². The number of benzene rings is 2. The third-order valence-electron chi connectivity index (χ3n) is 2.87. The van der Waals surface area contributed by atoms with Crippen molar-refractivity contribution in [3.05, 3.63) is 65.2 Å². The number of hydrogen-bond acceptors (Lipinski definition) is 4. The summed E-state index contributed by atoms with van der Waals surface area (Å²) >= 11 is 0. The van der Waals surface area contributed by atoms with E-state index in [2.05, 4.69) is 5.32 Å². The van der Waals surface area contributed by atoms with Crippen LogP contribution in [0.2, 0.25) is 0 Å². The summed E-state index contributed by atoms with van der Waals surface area (Å²) in [7, 11) is -3.16. The molecule has 5 nitrogen and oxygen atoms in total. The van der Waals surface area contributed by atoms with E-state index in [-0.39, 0.29) is 11.7 Å². The lowest BCUT2D eigenvalue weighted by atomic mass is 10.1. The third-order valence-corrected chi connectivity index (χ3v) is 3.73. The Morgan fingerprint density at radius 3 is 2.59 bits per heavy atom. The number of amides is 1. The van der Waals surface area contributed by atoms with Gasteiger partial charge in [0.1, 0.15) is 0 Å². The lowest BCUT2D eigenvalue weighted by Gasteiger charge is -2.07. The van der Waals surface area contributed by atoms with Crippen molar-refractivity contribution in [1.29, 1.82) is 5.26 Å². The fourth-order valence-electron chi connectivity index (χ4n) is 1.97. The molecular weight excluding hydrogens is 300 g/mol. The lowest BCUT2D eigenvalue weighted by Crippen LogP contribution is -2.12. The molecule has 0 spiro atoms. The average molecular weight is 314 g/mol. The zero-order valence-corrected chi connectivity index (χ0v) is 12.7. The van der Waals surface area contributed by atoms with Gasteiger partial charge in [0.05, 0.1) is 17.4 Å². The van der Waals surface area contributed by atoms with Crippen molar-refractivity contribution in [2.45, 2.75) is 5.75 Å². The molecule has 0 saturated carbocycles. The van der Waals surface area contributed by atoms with Crippen LogP contribution in [0.4, 0.5) is 5.69 Å². The van der Waals surface area contributed by atoms with Crippen LogP contribution in [0, 0.1) is 11.3 Å². The van der Waals surface area contributed by atoms with Gasteiger partial charge in [0.25, 0.3) is 5.91 Å². The highest BCUT2D eigenvalue weighted by atomic mass is 32.2. The Morgan fingerprint density at radius 1 is 1.18 bits per heavy atom. The number of hydrogen-bond donors (Lipinski definition) is 1. The predicted octanol–water partition coefficient (Wildman–Crippen LogP) is 2.36. The molecule has 1 N–H and O–H groups in total. The molecule has 0 heterocycles. The van der Waals surface area contributed by atoms with Gasteiger partial charge in [-0.25, -0.2) is 8.42 Å². The van der Waals surface area contributed by atoms with Gasteiger partial charge < -0.3 is 5.32 Å². The Hall–Kier alpha value is -2.65. The van der Waals surface area contributed by atoms with Gasteiger partial charge >= 0.3 is 0 Å². The van der Waals surface area contributed by atoms with Crippen molar-refractivity contribution >= 4 is 21.4 Å². The topological polar surface area (TPSA) is 87.0 Å². The molecule has 6 heteroatoms. The maximum Gasteiger partial charge on any atom is 0.255 e. The molecule has 0 saturated heterocycles. The molecule has 0 bridgehead atoms. The highest BCUT2D eigenvalue weighted by molar-refractivity contribution is 7.89. The van der Waals surface area contributed by atoms with Crippen molar-refractivity contribution in [3.63, 3.8) is 0 Å². The zero-order chi connectivity index (χ0) is 16.2. The van der Waals surface area contributed by atoms with Crippen molar-refractivity contribution in [3.8, 4) is 6.07 Å². The largest absolute Gasteiger partial charge is 0.322 e. The van der Waals surface area contributed by atoms with E-state index in [1.807, 2.05) is 6.07 Å². The molecule has 22 heavy (non-hydrogen) atoms. The van der Waals surface area contributed by atoms with Gasteiger partial charge in [-0.2, -0.15) is 5.26 Å². The summed E-state index contributed by atoms with van der Waals surface area (Å²) in [5.74, 6) is -0.469. The molecule has 112 valence electrons. The number of nitriles is 1. The van der Waals surface area contributed by atoms with Crippen molar-refractivity contribution in [2.75, 3.05) is 11.6 Å². The van der Waals surface area contributed by atoms with Crippen molar-refractivity contribution in [1.82, 2.24) is 0 Å². The molecule has 0 atom stereocenters. The van der Waals surface area contributed by atoms with E-state index in [1.165, 1.54) is 0 Å². The first-order chi connectivity index (χ1) is 10.4. The minimum atomic E-state index is -3.16. The van der Waals surface area contributed by atoms with Crippen molar-refractivity contribution < 1.29 is 13.2 Å². The zero-order valence-electron chi connectivity index (χ0n) is 11.9. The van der Waals surface area contributed by atoms with E-state index in [4.69, 9.17) is 5.26 Å². The first kappa shape index (κ1) is 15.7. The Kier molecular flexibility index (Phi) is 4.59. The molecule has 2 aromatic carbocycles. The maximum absolute atomic E-state index is 12.2. The fourth-order valence-corrected chi connectivity index (χ4v) is 2.76. The van der Waals surface area contributed by atoms with Gasteiger partial charge in [0, 0.05) is 17.5 Å². The number of nitrogens with zero attached hydrogens (tertiary/aromatic N) is 1. The Morgan fingerprint density at radius 2 is 1.91 bits per heavy atom. The lowest BCUT2D eigenvalue weighted by molar-refractivity contribution is 0.102. The van der Waals surface area contributed by atoms with Crippen LogP contribution in [0.15, 0.2) is 48.5 Å². The second kappa shape index (κ2) is 6.41. The fraction of sp³-hybridized carbons (Fsp3) is 0.125. The Bertz CT molecular complexity index is 852. The summed E-state index contributed by atoms with van der Waals surface area (Å²) in [5.41, 5.74) is 1.88. The minimum absolute atomic E-state index is 0.113. The monoisotopic (exact) mass is 314 g/mol. The molecule has 0 aromatic heterocycles. The van der Waals surface area contributed by atoms with Crippen LogP contribution in [0.3, 0.4) is 0 Å². The molecule has 0 fully saturated rings. The van der Waals surface area contributed by atoms with Crippen LogP contribution >= 0.6 is 0 Å². The van der Waals surface area contributed by atoms with E-state index in [0.717, 1.165) is 6.26 Å². The first-order valence-corrected chi connectivity index (χ1v) is 8.51. The third kappa shape index (κ3) is 4.43. The summed E-state index contributed by atoms with van der Waals surface area (Å²) in [6, 6.07) is 15.0. The van der Waals surface area contributed by atoms with E-state index >= 15 is 0 Å². The van der Waals surface area contributed by atoms with E-state index in [0.29, 0.717) is 22.4 Å². The highest BCUT2D eigenvalue weighted by Gasteiger charge is 2.10. The molecule has 0 aliphatic heterocycles. The predicted molar refractivity (Wildman–Crippen MR) is 84.1 cm³/mol. The Labute approximate surface area is 129 Å². The second-order valence-corrected chi connectivity index (χ2v) is 7.06. The SMILES string of the molecule is CS(=O)(=O)Cc1cccc(C(=O)Nc2cccc(C#N)c2)c1. The van der Waals surface area contributed by atoms with Crippen LogP contribution in [0.1, 0.15) is 21.5 Å². The number of anilines is 1.